The van der Waals surface area contributed by atoms with Crippen LogP contribution in [0.4, 0.5) is 0 Å². The van der Waals surface area contributed by atoms with Crippen molar-refractivity contribution in [2.45, 2.75) is 103 Å². The lowest BCUT2D eigenvalue weighted by atomic mass is 10.1. The molecule has 0 aromatic rings. The zero-order valence-corrected chi connectivity index (χ0v) is 16.5. The maximum Gasteiger partial charge on any atom is 0.219 e. The first-order valence-corrected chi connectivity index (χ1v) is 10.5. The fourth-order valence-electron chi connectivity index (χ4n) is 2.79. The molecular formula is C21H42N2O2. The van der Waals surface area contributed by atoms with Crippen LogP contribution in [0.15, 0.2) is 12.2 Å². The fraction of sp³-hybridized carbons (Fsp3) is 0.857. The van der Waals surface area contributed by atoms with Gasteiger partial charge in [-0.3, -0.25) is 4.79 Å². The second-order valence-electron chi connectivity index (χ2n) is 7.01. The Morgan fingerprint density at radius 2 is 1.72 bits per heavy atom. The number of carbonyl (C=O) groups is 1. The Hall–Kier alpha value is -0.870. The summed E-state index contributed by atoms with van der Waals surface area (Å²) in [5.41, 5.74) is 5.39. The Labute approximate surface area is 155 Å². The van der Waals surface area contributed by atoms with Gasteiger partial charge in [0.05, 0.1) is 6.10 Å². The van der Waals surface area contributed by atoms with E-state index < -0.39 is 0 Å². The van der Waals surface area contributed by atoms with Crippen LogP contribution in [0.1, 0.15) is 96.8 Å². The maximum absolute atomic E-state index is 11.5. The summed E-state index contributed by atoms with van der Waals surface area (Å²) in [7, 11) is 0. The number of hydrogen-bond donors (Lipinski definition) is 3. The van der Waals surface area contributed by atoms with Gasteiger partial charge in [-0.2, -0.15) is 0 Å². The van der Waals surface area contributed by atoms with Crippen LogP contribution in [0.25, 0.3) is 0 Å². The molecule has 0 aliphatic rings. The monoisotopic (exact) mass is 354 g/mol. The van der Waals surface area contributed by atoms with E-state index in [-0.39, 0.29) is 12.0 Å². The molecule has 0 heterocycles. The third-order valence-electron chi connectivity index (χ3n) is 4.44. The second kappa shape index (κ2) is 19.5. The number of amides is 1. The van der Waals surface area contributed by atoms with Crippen molar-refractivity contribution in [2.24, 2.45) is 5.73 Å². The van der Waals surface area contributed by atoms with Gasteiger partial charge in [0, 0.05) is 13.0 Å². The average Bonchev–Trinajstić information content (AvgIpc) is 2.60. The van der Waals surface area contributed by atoms with Gasteiger partial charge in [0.2, 0.25) is 5.91 Å². The van der Waals surface area contributed by atoms with Crippen molar-refractivity contribution >= 4 is 5.91 Å². The Kier molecular flexibility index (Phi) is 18.8. The number of carbonyl (C=O) groups excluding carboxylic acids is 1. The molecule has 0 aliphatic heterocycles. The minimum absolute atomic E-state index is 0.157. The Morgan fingerprint density at radius 3 is 2.48 bits per heavy atom. The predicted octanol–water partition coefficient (Wildman–Crippen LogP) is 4.46. The van der Waals surface area contributed by atoms with E-state index >= 15 is 0 Å². The lowest BCUT2D eigenvalue weighted by Crippen LogP contribution is -2.25. The molecule has 0 unspecified atom stereocenters. The van der Waals surface area contributed by atoms with Crippen molar-refractivity contribution in [3.8, 4) is 0 Å². The number of unbranched alkanes of at least 4 members (excludes halogenated alkanes) is 8. The number of nitrogens with two attached hydrogens (primary N) is 1. The number of aliphatic hydroxyl groups excluding tert-OH is 1. The molecule has 0 aromatic heterocycles. The highest BCUT2D eigenvalue weighted by Gasteiger charge is 2.01. The van der Waals surface area contributed by atoms with Gasteiger partial charge in [-0.15, -0.1) is 0 Å². The number of nitrogens with one attached hydrogen (secondary N) is 1. The van der Waals surface area contributed by atoms with Gasteiger partial charge in [-0.1, -0.05) is 64.0 Å². The SMILES string of the molecule is CCCCCC[C@@H](O)C/C=C\CCCCCCCC(=O)NCCCN. The van der Waals surface area contributed by atoms with Crippen LogP contribution >= 0.6 is 0 Å². The lowest BCUT2D eigenvalue weighted by Gasteiger charge is -2.07. The van der Waals surface area contributed by atoms with Gasteiger partial charge < -0.3 is 16.2 Å². The first-order valence-electron chi connectivity index (χ1n) is 10.5. The van der Waals surface area contributed by atoms with E-state index in [0.29, 0.717) is 19.5 Å². The fourth-order valence-corrected chi connectivity index (χ4v) is 2.79. The molecule has 0 fully saturated rings. The molecule has 0 radical (unpaired) electrons. The van der Waals surface area contributed by atoms with E-state index in [1.54, 1.807) is 0 Å². The van der Waals surface area contributed by atoms with Crippen LogP contribution in [0.2, 0.25) is 0 Å². The van der Waals surface area contributed by atoms with Crippen molar-refractivity contribution in [3.63, 3.8) is 0 Å². The lowest BCUT2D eigenvalue weighted by molar-refractivity contribution is -0.121. The summed E-state index contributed by atoms with van der Waals surface area (Å²) < 4.78 is 0. The van der Waals surface area contributed by atoms with Gasteiger partial charge >= 0.3 is 0 Å². The van der Waals surface area contributed by atoms with E-state index in [9.17, 15) is 9.90 Å². The smallest absolute Gasteiger partial charge is 0.219 e. The third kappa shape index (κ3) is 19.3. The third-order valence-corrected chi connectivity index (χ3v) is 4.44. The summed E-state index contributed by atoms with van der Waals surface area (Å²) in [6.45, 7) is 3.54. The summed E-state index contributed by atoms with van der Waals surface area (Å²) >= 11 is 0. The number of hydrogen-bond acceptors (Lipinski definition) is 3. The molecule has 148 valence electrons. The minimum Gasteiger partial charge on any atom is -0.393 e. The topological polar surface area (TPSA) is 75.3 Å². The van der Waals surface area contributed by atoms with Gasteiger partial charge in [0.1, 0.15) is 0 Å². The molecule has 0 saturated carbocycles. The summed E-state index contributed by atoms with van der Waals surface area (Å²) in [5.74, 6) is 0.157. The molecule has 1 amide bonds. The minimum atomic E-state index is -0.163. The van der Waals surface area contributed by atoms with E-state index in [4.69, 9.17) is 5.73 Å². The molecule has 4 nitrogen and oxygen atoms in total. The van der Waals surface area contributed by atoms with E-state index in [1.165, 1.54) is 38.5 Å². The standard InChI is InChI=1S/C21H42N2O2/c1-2-3-4-11-15-20(24)16-12-9-7-5-6-8-10-13-17-21(25)23-19-14-18-22/h9,12,20,24H,2-8,10-11,13-19,22H2,1H3,(H,23,25)/b12-9-/t20-/m1/s1. The molecule has 0 spiro atoms. The predicted molar refractivity (Wildman–Crippen MR) is 108 cm³/mol. The van der Waals surface area contributed by atoms with Crippen LogP contribution in [-0.2, 0) is 4.79 Å². The quantitative estimate of drug-likeness (QED) is 0.251. The Morgan fingerprint density at radius 1 is 1.00 bits per heavy atom. The first kappa shape index (κ1) is 24.1. The van der Waals surface area contributed by atoms with Crippen LogP contribution in [-0.4, -0.2) is 30.2 Å². The van der Waals surface area contributed by atoms with Crippen LogP contribution in [0.3, 0.4) is 0 Å². The van der Waals surface area contributed by atoms with E-state index in [1.807, 2.05) is 0 Å². The molecule has 25 heavy (non-hydrogen) atoms. The van der Waals surface area contributed by atoms with Crippen LogP contribution < -0.4 is 11.1 Å². The molecule has 4 N–H and O–H groups in total. The number of aliphatic hydroxyl groups is 1. The second-order valence-corrected chi connectivity index (χ2v) is 7.01. The number of rotatable bonds is 18. The zero-order valence-electron chi connectivity index (χ0n) is 16.5. The van der Waals surface area contributed by atoms with Gasteiger partial charge in [0.15, 0.2) is 0 Å². The molecule has 0 aliphatic carbocycles. The molecule has 0 aromatic carbocycles. The van der Waals surface area contributed by atoms with E-state index in [2.05, 4.69) is 24.4 Å². The van der Waals surface area contributed by atoms with E-state index in [0.717, 1.165) is 44.9 Å². The van der Waals surface area contributed by atoms with Crippen molar-refractivity contribution < 1.29 is 9.90 Å². The van der Waals surface area contributed by atoms with Crippen molar-refractivity contribution in [1.82, 2.24) is 5.32 Å². The largest absolute Gasteiger partial charge is 0.393 e. The summed E-state index contributed by atoms with van der Waals surface area (Å²) in [4.78, 5) is 11.5. The van der Waals surface area contributed by atoms with Crippen molar-refractivity contribution in [2.75, 3.05) is 13.1 Å². The molecular weight excluding hydrogens is 312 g/mol. The molecule has 0 saturated heterocycles. The summed E-state index contributed by atoms with van der Waals surface area (Å²) in [6.07, 6.45) is 19.2. The Balaban J connectivity index is 3.30. The summed E-state index contributed by atoms with van der Waals surface area (Å²) in [6, 6.07) is 0. The van der Waals surface area contributed by atoms with Crippen LogP contribution in [0, 0.1) is 0 Å². The van der Waals surface area contributed by atoms with Gasteiger partial charge in [-0.25, -0.2) is 0 Å². The van der Waals surface area contributed by atoms with Gasteiger partial charge in [-0.05, 0) is 45.1 Å². The maximum atomic E-state index is 11.5. The first-order chi connectivity index (χ1) is 12.2. The normalized spacial score (nSPS) is 12.6. The zero-order chi connectivity index (χ0) is 18.6. The molecule has 1 atom stereocenters. The summed E-state index contributed by atoms with van der Waals surface area (Å²) in [5, 5.41) is 12.8. The average molecular weight is 355 g/mol. The van der Waals surface area contributed by atoms with Crippen molar-refractivity contribution in [3.05, 3.63) is 12.2 Å². The highest BCUT2D eigenvalue weighted by atomic mass is 16.3. The highest BCUT2D eigenvalue weighted by molar-refractivity contribution is 5.75. The van der Waals surface area contributed by atoms with Crippen LogP contribution in [0.5, 0.6) is 0 Å². The molecule has 4 heteroatoms. The molecule has 0 bridgehead atoms. The Bertz CT molecular complexity index is 319. The highest BCUT2D eigenvalue weighted by Crippen LogP contribution is 2.10. The van der Waals surface area contributed by atoms with Crippen molar-refractivity contribution in [1.29, 1.82) is 0 Å². The number of allylic oxidation sites excluding steroid dienone is 1. The molecule has 0 rings (SSSR count). The van der Waals surface area contributed by atoms with Gasteiger partial charge in [0.25, 0.3) is 0 Å².